The number of halogens is 1. The minimum Gasteiger partial charge on any atom is -0.325 e. The number of hydrogen-bond acceptors (Lipinski definition) is 3. The molecular weight excluding hydrogens is 397 g/mol. The summed E-state index contributed by atoms with van der Waals surface area (Å²) in [4.78, 5) is 39.1. The highest BCUT2D eigenvalue weighted by Crippen LogP contribution is 2.22. The van der Waals surface area contributed by atoms with Crippen LogP contribution in [0.4, 0.5) is 9.18 Å². The molecule has 1 atom stereocenters. The number of amides is 3. The smallest absolute Gasteiger partial charge is 0.325 e. The van der Waals surface area contributed by atoms with Crippen LogP contribution in [0.2, 0.25) is 0 Å². The molecule has 6 nitrogen and oxygen atoms in total. The van der Waals surface area contributed by atoms with Gasteiger partial charge in [-0.05, 0) is 49.7 Å². The summed E-state index contributed by atoms with van der Waals surface area (Å²) in [6.45, 7) is 3.30. The maximum Gasteiger partial charge on any atom is 0.325 e. The molecule has 2 heterocycles. The summed E-state index contributed by atoms with van der Waals surface area (Å²) < 4.78 is 15.1. The number of carbonyl (C=O) groups excluding carboxylic acids is 3. The standard InChI is InChI=1S/C24H22FN3O3/c1-15-12-20(16(2)28(15)19-10-8-18(25)9-11-19)22(29)14-27-23(30)21(26-24(27)31)13-17-6-4-3-5-7-17/h3-12,21H,13-14H2,1-2H3,(H,26,31)/t21-/m1/s1. The number of aryl methyl sites for hydroxylation is 1. The highest BCUT2D eigenvalue weighted by molar-refractivity contribution is 6.09. The number of nitrogens with zero attached hydrogens (tertiary/aromatic N) is 2. The van der Waals surface area contributed by atoms with Crippen LogP contribution in [0.1, 0.15) is 27.3 Å². The summed E-state index contributed by atoms with van der Waals surface area (Å²) in [5.41, 5.74) is 3.55. The van der Waals surface area contributed by atoms with Gasteiger partial charge in [0.25, 0.3) is 5.91 Å². The Kier molecular flexibility index (Phi) is 5.42. The predicted molar refractivity (Wildman–Crippen MR) is 114 cm³/mol. The van der Waals surface area contributed by atoms with Crippen molar-refractivity contribution in [3.8, 4) is 5.69 Å². The fourth-order valence-corrected chi connectivity index (χ4v) is 3.98. The van der Waals surface area contributed by atoms with Crippen LogP contribution in [-0.2, 0) is 11.2 Å². The molecule has 0 unspecified atom stereocenters. The topological polar surface area (TPSA) is 71.4 Å². The Bertz CT molecular complexity index is 1150. The first-order valence-electron chi connectivity index (χ1n) is 9.99. The molecule has 0 aliphatic carbocycles. The maximum atomic E-state index is 13.3. The van der Waals surface area contributed by atoms with Crippen LogP contribution in [-0.4, -0.2) is 39.8 Å². The van der Waals surface area contributed by atoms with Crippen LogP contribution in [0, 0.1) is 19.7 Å². The van der Waals surface area contributed by atoms with E-state index in [0.717, 1.165) is 21.8 Å². The summed E-state index contributed by atoms with van der Waals surface area (Å²) in [6, 6.07) is 15.8. The number of urea groups is 1. The Morgan fingerprint density at radius 1 is 1.03 bits per heavy atom. The van der Waals surface area contributed by atoms with E-state index in [4.69, 9.17) is 0 Å². The fraction of sp³-hybridized carbons (Fsp3) is 0.208. The van der Waals surface area contributed by atoms with Gasteiger partial charge in [-0.25, -0.2) is 9.18 Å². The molecular formula is C24H22FN3O3. The third-order valence-corrected chi connectivity index (χ3v) is 5.51. The number of imide groups is 1. The van der Waals surface area contributed by atoms with E-state index in [9.17, 15) is 18.8 Å². The molecule has 31 heavy (non-hydrogen) atoms. The largest absolute Gasteiger partial charge is 0.325 e. The Balaban J connectivity index is 1.52. The zero-order valence-electron chi connectivity index (χ0n) is 17.3. The quantitative estimate of drug-likeness (QED) is 0.490. The van der Waals surface area contributed by atoms with Gasteiger partial charge in [0.15, 0.2) is 5.78 Å². The lowest BCUT2D eigenvalue weighted by Crippen LogP contribution is -2.36. The average molecular weight is 419 g/mol. The van der Waals surface area contributed by atoms with Gasteiger partial charge >= 0.3 is 6.03 Å². The van der Waals surface area contributed by atoms with Crippen molar-refractivity contribution in [2.75, 3.05) is 6.54 Å². The average Bonchev–Trinajstić information content (AvgIpc) is 3.19. The number of hydrogen-bond donors (Lipinski definition) is 1. The van der Waals surface area contributed by atoms with Gasteiger partial charge in [0.05, 0.1) is 6.54 Å². The van der Waals surface area contributed by atoms with E-state index < -0.39 is 18.0 Å². The molecule has 0 radical (unpaired) electrons. The van der Waals surface area contributed by atoms with Crippen LogP contribution in [0.15, 0.2) is 60.7 Å². The van der Waals surface area contributed by atoms with Gasteiger partial charge in [-0.1, -0.05) is 30.3 Å². The first-order chi connectivity index (χ1) is 14.8. The van der Waals surface area contributed by atoms with Crippen molar-refractivity contribution in [2.24, 2.45) is 0 Å². The first kappa shape index (κ1) is 20.5. The summed E-state index contributed by atoms with van der Waals surface area (Å²) in [5, 5.41) is 2.67. The predicted octanol–water partition coefficient (Wildman–Crippen LogP) is 3.58. The number of ketones is 1. The van der Waals surface area contributed by atoms with Crippen LogP contribution in [0.5, 0.6) is 0 Å². The Labute approximate surface area is 179 Å². The minimum atomic E-state index is -0.686. The number of rotatable bonds is 6. The van der Waals surface area contributed by atoms with Crippen molar-refractivity contribution in [1.82, 2.24) is 14.8 Å². The molecule has 7 heteroatoms. The van der Waals surface area contributed by atoms with E-state index in [1.165, 1.54) is 12.1 Å². The normalized spacial score (nSPS) is 16.0. The van der Waals surface area contributed by atoms with E-state index in [-0.39, 0.29) is 18.1 Å². The number of carbonyl (C=O) groups is 3. The van der Waals surface area contributed by atoms with E-state index in [0.29, 0.717) is 17.7 Å². The second-order valence-electron chi connectivity index (χ2n) is 7.64. The zero-order chi connectivity index (χ0) is 22.1. The zero-order valence-corrected chi connectivity index (χ0v) is 17.3. The second-order valence-corrected chi connectivity index (χ2v) is 7.64. The molecule has 1 aliphatic rings. The molecule has 0 saturated carbocycles. The monoisotopic (exact) mass is 419 g/mol. The van der Waals surface area contributed by atoms with E-state index in [1.807, 2.05) is 41.8 Å². The highest BCUT2D eigenvalue weighted by Gasteiger charge is 2.39. The van der Waals surface area contributed by atoms with E-state index in [2.05, 4.69) is 5.32 Å². The molecule has 1 N–H and O–H groups in total. The summed E-state index contributed by atoms with van der Waals surface area (Å²) in [6.07, 6.45) is 0.370. The molecule has 0 bridgehead atoms. The third-order valence-electron chi connectivity index (χ3n) is 5.51. The molecule has 0 spiro atoms. The minimum absolute atomic E-state index is 0.328. The molecule has 158 valence electrons. The van der Waals surface area contributed by atoms with E-state index in [1.54, 1.807) is 25.1 Å². The van der Waals surface area contributed by atoms with Gasteiger partial charge in [0.1, 0.15) is 11.9 Å². The van der Waals surface area contributed by atoms with Crippen LogP contribution in [0.3, 0.4) is 0 Å². The lowest BCUT2D eigenvalue weighted by Gasteiger charge is -2.13. The molecule has 3 amide bonds. The van der Waals surface area contributed by atoms with Crippen LogP contribution < -0.4 is 5.32 Å². The molecule has 1 fully saturated rings. The summed E-state index contributed by atoms with van der Waals surface area (Å²) in [5.74, 6) is -1.08. The second kappa shape index (κ2) is 8.18. The summed E-state index contributed by atoms with van der Waals surface area (Å²) >= 11 is 0. The van der Waals surface area contributed by atoms with Gasteiger partial charge in [-0.3, -0.25) is 14.5 Å². The molecule has 3 aromatic rings. The van der Waals surface area contributed by atoms with Crippen molar-refractivity contribution in [2.45, 2.75) is 26.3 Å². The van der Waals surface area contributed by atoms with Crippen molar-refractivity contribution in [3.05, 3.63) is 89.0 Å². The SMILES string of the molecule is Cc1cc(C(=O)CN2C(=O)N[C@H](Cc3ccccc3)C2=O)c(C)n1-c1ccc(F)cc1. The van der Waals surface area contributed by atoms with Crippen molar-refractivity contribution in [1.29, 1.82) is 0 Å². The highest BCUT2D eigenvalue weighted by atomic mass is 19.1. The van der Waals surface area contributed by atoms with Crippen molar-refractivity contribution in [3.63, 3.8) is 0 Å². The van der Waals surface area contributed by atoms with Crippen molar-refractivity contribution < 1.29 is 18.8 Å². The van der Waals surface area contributed by atoms with E-state index >= 15 is 0 Å². The molecule has 2 aromatic carbocycles. The Morgan fingerprint density at radius 2 is 1.71 bits per heavy atom. The van der Waals surface area contributed by atoms with Gasteiger partial charge in [-0.15, -0.1) is 0 Å². The van der Waals surface area contributed by atoms with Crippen LogP contribution >= 0.6 is 0 Å². The summed E-state index contributed by atoms with van der Waals surface area (Å²) in [7, 11) is 0. The fourth-order valence-electron chi connectivity index (χ4n) is 3.98. The lowest BCUT2D eigenvalue weighted by atomic mass is 10.1. The Morgan fingerprint density at radius 3 is 2.39 bits per heavy atom. The third kappa shape index (κ3) is 3.99. The number of nitrogens with one attached hydrogen (secondary N) is 1. The van der Waals surface area contributed by atoms with Gasteiger partial charge < -0.3 is 9.88 Å². The molecule has 1 aromatic heterocycles. The maximum absolute atomic E-state index is 13.3. The van der Waals surface area contributed by atoms with Gasteiger partial charge in [0, 0.05) is 29.1 Å². The number of Topliss-reactive ketones (excluding diaryl/α,β-unsaturated/α-hetero) is 1. The molecule has 4 rings (SSSR count). The number of benzene rings is 2. The number of aromatic nitrogens is 1. The van der Waals surface area contributed by atoms with Gasteiger partial charge in [0.2, 0.25) is 0 Å². The van der Waals surface area contributed by atoms with Crippen molar-refractivity contribution >= 4 is 17.7 Å². The van der Waals surface area contributed by atoms with Crippen LogP contribution in [0.25, 0.3) is 5.69 Å². The molecule has 1 aliphatic heterocycles. The lowest BCUT2D eigenvalue weighted by molar-refractivity contribution is -0.127. The van der Waals surface area contributed by atoms with Gasteiger partial charge in [-0.2, -0.15) is 0 Å². The molecule has 1 saturated heterocycles. The first-order valence-corrected chi connectivity index (χ1v) is 9.99. The Hall–Kier alpha value is -3.74.